The van der Waals surface area contributed by atoms with Gasteiger partial charge in [-0.25, -0.2) is 0 Å². The molecule has 1 saturated carbocycles. The van der Waals surface area contributed by atoms with E-state index in [9.17, 15) is 4.79 Å². The van der Waals surface area contributed by atoms with Gasteiger partial charge in [-0.15, -0.1) is 0 Å². The van der Waals surface area contributed by atoms with Gasteiger partial charge in [-0.2, -0.15) is 0 Å². The minimum atomic E-state index is -0.0338. The van der Waals surface area contributed by atoms with Crippen molar-refractivity contribution in [2.45, 2.75) is 44.2 Å². The number of piperazine rings is 1. The van der Waals surface area contributed by atoms with Crippen molar-refractivity contribution in [2.75, 3.05) is 26.7 Å². The maximum Gasteiger partial charge on any atom is 0.276 e. The van der Waals surface area contributed by atoms with Crippen molar-refractivity contribution >= 4 is 5.91 Å². The quantitative estimate of drug-likeness (QED) is 0.916. The summed E-state index contributed by atoms with van der Waals surface area (Å²) in [6.07, 6.45) is 5.81. The third kappa shape index (κ3) is 2.82. The molecule has 1 aromatic rings. The van der Waals surface area contributed by atoms with Gasteiger partial charge in [-0.3, -0.25) is 4.79 Å². The SMILES string of the molecule is COCc1cc(C(=O)N2CCNCC23CCCCC3)no1. The molecular formula is C15H23N3O3. The molecular weight excluding hydrogens is 270 g/mol. The number of hydrogen-bond acceptors (Lipinski definition) is 5. The topological polar surface area (TPSA) is 67.6 Å². The van der Waals surface area contributed by atoms with E-state index in [-0.39, 0.29) is 11.4 Å². The zero-order valence-corrected chi connectivity index (χ0v) is 12.6. The molecule has 0 unspecified atom stereocenters. The maximum absolute atomic E-state index is 12.8. The van der Waals surface area contributed by atoms with Crippen molar-refractivity contribution in [1.29, 1.82) is 0 Å². The smallest absolute Gasteiger partial charge is 0.276 e. The molecule has 0 aromatic carbocycles. The normalized spacial score (nSPS) is 21.7. The van der Waals surface area contributed by atoms with Gasteiger partial charge < -0.3 is 19.5 Å². The molecule has 0 radical (unpaired) electrons. The largest absolute Gasteiger partial charge is 0.377 e. The van der Waals surface area contributed by atoms with Crippen LogP contribution in [0.25, 0.3) is 0 Å². The number of aromatic nitrogens is 1. The van der Waals surface area contributed by atoms with Gasteiger partial charge in [0.15, 0.2) is 11.5 Å². The molecule has 1 aliphatic carbocycles. The number of nitrogens with one attached hydrogen (secondary N) is 1. The van der Waals surface area contributed by atoms with Gasteiger partial charge in [0.05, 0.1) is 5.54 Å². The van der Waals surface area contributed by atoms with E-state index in [1.165, 1.54) is 19.3 Å². The first kappa shape index (κ1) is 14.5. The highest BCUT2D eigenvalue weighted by Gasteiger charge is 2.43. The van der Waals surface area contributed by atoms with E-state index in [0.717, 1.165) is 32.5 Å². The molecule has 116 valence electrons. The zero-order valence-electron chi connectivity index (χ0n) is 12.6. The van der Waals surface area contributed by atoms with E-state index in [2.05, 4.69) is 10.5 Å². The molecule has 1 N–H and O–H groups in total. The summed E-state index contributed by atoms with van der Waals surface area (Å²) in [5, 5.41) is 7.37. The van der Waals surface area contributed by atoms with Crippen LogP contribution >= 0.6 is 0 Å². The van der Waals surface area contributed by atoms with Crippen LogP contribution in [0.5, 0.6) is 0 Å². The molecule has 2 fully saturated rings. The van der Waals surface area contributed by atoms with Gasteiger partial charge in [0, 0.05) is 32.8 Å². The summed E-state index contributed by atoms with van der Waals surface area (Å²) < 4.78 is 10.2. The van der Waals surface area contributed by atoms with E-state index >= 15 is 0 Å². The number of rotatable bonds is 3. The van der Waals surface area contributed by atoms with E-state index in [1.54, 1.807) is 13.2 Å². The second kappa shape index (κ2) is 6.15. The summed E-state index contributed by atoms with van der Waals surface area (Å²) in [4.78, 5) is 14.9. The van der Waals surface area contributed by atoms with Crippen molar-refractivity contribution in [3.05, 3.63) is 17.5 Å². The Hall–Kier alpha value is -1.40. The minimum absolute atomic E-state index is 0.00972. The van der Waals surface area contributed by atoms with Crippen molar-refractivity contribution in [3.63, 3.8) is 0 Å². The fourth-order valence-electron chi connectivity index (χ4n) is 3.58. The van der Waals surface area contributed by atoms with E-state index in [1.807, 2.05) is 4.90 Å². The van der Waals surface area contributed by atoms with Gasteiger partial charge in [0.2, 0.25) is 0 Å². The minimum Gasteiger partial charge on any atom is -0.377 e. The Bertz CT molecular complexity index is 486. The molecule has 0 bridgehead atoms. The lowest BCUT2D eigenvalue weighted by Gasteiger charge is -2.49. The lowest BCUT2D eigenvalue weighted by molar-refractivity contribution is 0.0214. The van der Waals surface area contributed by atoms with Gasteiger partial charge in [-0.05, 0) is 12.8 Å². The first-order valence-corrected chi connectivity index (χ1v) is 7.72. The van der Waals surface area contributed by atoms with E-state index < -0.39 is 0 Å². The fourth-order valence-corrected chi connectivity index (χ4v) is 3.58. The van der Waals surface area contributed by atoms with Crippen LogP contribution in [0.3, 0.4) is 0 Å². The van der Waals surface area contributed by atoms with Crippen molar-refractivity contribution in [3.8, 4) is 0 Å². The van der Waals surface area contributed by atoms with Crippen LogP contribution in [0.2, 0.25) is 0 Å². The lowest BCUT2D eigenvalue weighted by Crippen LogP contribution is -2.63. The fraction of sp³-hybridized carbons (Fsp3) is 0.733. The van der Waals surface area contributed by atoms with Gasteiger partial charge in [0.25, 0.3) is 5.91 Å². The molecule has 1 aromatic heterocycles. The Morgan fingerprint density at radius 2 is 2.29 bits per heavy atom. The lowest BCUT2D eigenvalue weighted by atomic mass is 9.79. The standard InChI is InChI=1S/C15H23N3O3/c1-20-10-12-9-13(17-21-12)14(19)18-8-7-16-11-15(18)5-3-2-4-6-15/h9,16H,2-8,10-11H2,1H3. The highest BCUT2D eigenvalue weighted by atomic mass is 16.5. The summed E-state index contributed by atoms with van der Waals surface area (Å²) in [5.41, 5.74) is 0.363. The Kier molecular flexibility index (Phi) is 4.26. The van der Waals surface area contributed by atoms with Crippen LogP contribution in [0, 0.1) is 0 Å². The van der Waals surface area contributed by atoms with Crippen LogP contribution in [0.15, 0.2) is 10.6 Å². The van der Waals surface area contributed by atoms with E-state index in [0.29, 0.717) is 18.1 Å². The van der Waals surface area contributed by atoms with Crippen LogP contribution in [0.1, 0.15) is 48.4 Å². The predicted molar refractivity (Wildman–Crippen MR) is 76.9 cm³/mol. The van der Waals surface area contributed by atoms with E-state index in [4.69, 9.17) is 9.26 Å². The molecule has 1 amide bonds. The number of methoxy groups -OCH3 is 1. The Morgan fingerprint density at radius 1 is 1.48 bits per heavy atom. The number of hydrogen-bond donors (Lipinski definition) is 1. The van der Waals surface area contributed by atoms with Crippen LogP contribution in [-0.2, 0) is 11.3 Å². The van der Waals surface area contributed by atoms with Crippen LogP contribution < -0.4 is 5.32 Å². The Labute approximate surface area is 124 Å². The Morgan fingerprint density at radius 3 is 3.05 bits per heavy atom. The maximum atomic E-state index is 12.8. The third-order valence-corrected chi connectivity index (χ3v) is 4.63. The summed E-state index contributed by atoms with van der Waals surface area (Å²) in [7, 11) is 1.59. The monoisotopic (exact) mass is 293 g/mol. The van der Waals surface area contributed by atoms with Crippen molar-refractivity contribution in [2.24, 2.45) is 0 Å². The molecule has 2 heterocycles. The first-order valence-electron chi connectivity index (χ1n) is 7.72. The Balaban J connectivity index is 1.80. The first-order chi connectivity index (χ1) is 10.2. The molecule has 1 saturated heterocycles. The molecule has 2 aliphatic rings. The molecule has 1 aliphatic heterocycles. The average Bonchev–Trinajstić information content (AvgIpc) is 2.97. The number of carbonyl (C=O) groups excluding carboxylic acids is 1. The molecule has 0 atom stereocenters. The molecule has 1 spiro atoms. The van der Waals surface area contributed by atoms with Crippen molar-refractivity contribution < 1.29 is 14.1 Å². The predicted octanol–water partition coefficient (Wildman–Crippen LogP) is 1.57. The zero-order chi connectivity index (χ0) is 14.7. The molecule has 6 heteroatoms. The number of amides is 1. The highest BCUT2D eigenvalue weighted by Crippen LogP contribution is 2.35. The van der Waals surface area contributed by atoms with Gasteiger partial charge >= 0.3 is 0 Å². The number of nitrogens with zero attached hydrogens (tertiary/aromatic N) is 2. The molecule has 6 nitrogen and oxygen atoms in total. The second-order valence-electron chi connectivity index (χ2n) is 6.03. The molecule has 21 heavy (non-hydrogen) atoms. The highest BCUT2D eigenvalue weighted by molar-refractivity contribution is 5.93. The van der Waals surface area contributed by atoms with Crippen LogP contribution in [0.4, 0.5) is 0 Å². The average molecular weight is 293 g/mol. The van der Waals surface area contributed by atoms with Gasteiger partial charge in [-0.1, -0.05) is 24.4 Å². The number of ether oxygens (including phenoxy) is 1. The summed E-state index contributed by atoms with van der Waals surface area (Å²) in [6, 6.07) is 1.70. The summed E-state index contributed by atoms with van der Waals surface area (Å²) in [6.45, 7) is 2.82. The van der Waals surface area contributed by atoms with Crippen LogP contribution in [-0.4, -0.2) is 48.2 Å². The van der Waals surface area contributed by atoms with Gasteiger partial charge in [0.1, 0.15) is 6.61 Å². The summed E-state index contributed by atoms with van der Waals surface area (Å²) >= 11 is 0. The van der Waals surface area contributed by atoms with Crippen molar-refractivity contribution in [1.82, 2.24) is 15.4 Å². The third-order valence-electron chi connectivity index (χ3n) is 4.63. The summed E-state index contributed by atoms with van der Waals surface area (Å²) in [5.74, 6) is 0.582. The second-order valence-corrected chi connectivity index (χ2v) is 6.03. The molecule has 3 rings (SSSR count). The number of carbonyl (C=O) groups is 1.